The van der Waals surface area contributed by atoms with Gasteiger partial charge in [0.15, 0.2) is 5.97 Å². The first-order valence-corrected chi connectivity index (χ1v) is 12.1. The molecule has 3 aromatic rings. The van der Waals surface area contributed by atoms with E-state index in [-0.39, 0.29) is 12.6 Å². The number of aliphatic hydroxyl groups is 2. The van der Waals surface area contributed by atoms with Crippen LogP contribution in [0.5, 0.6) is 0 Å². The van der Waals surface area contributed by atoms with E-state index in [9.17, 15) is 10.2 Å². The molecule has 11 heteroatoms. The predicted molar refractivity (Wildman–Crippen MR) is 127 cm³/mol. The third kappa shape index (κ3) is 9.04. The van der Waals surface area contributed by atoms with Crippen LogP contribution in [0.2, 0.25) is 0 Å². The Morgan fingerprint density at radius 2 is 1.62 bits per heavy atom. The van der Waals surface area contributed by atoms with Gasteiger partial charge in [-0.3, -0.25) is 0 Å². The summed E-state index contributed by atoms with van der Waals surface area (Å²) in [5, 5.41) is 51.2. The Bertz CT molecular complexity index is 977. The number of carboxylic acid groups (broad SMARTS) is 2. The van der Waals surface area contributed by atoms with E-state index < -0.39 is 24.1 Å². The number of aliphatic hydroxyl groups excluding tert-OH is 2. The summed E-state index contributed by atoms with van der Waals surface area (Å²) >= 11 is 3.21. The Labute approximate surface area is 204 Å². The molecule has 0 bridgehead atoms. The van der Waals surface area contributed by atoms with E-state index in [2.05, 4.69) is 5.16 Å². The van der Waals surface area contributed by atoms with Crippen LogP contribution in [0.1, 0.15) is 29.7 Å². The molecule has 0 aliphatic heterocycles. The number of thiophene rings is 2. The molecule has 34 heavy (non-hydrogen) atoms. The smallest absolute Gasteiger partial charge is 0.351 e. The summed E-state index contributed by atoms with van der Waals surface area (Å²) in [6.07, 6.45) is -1.27. The van der Waals surface area contributed by atoms with E-state index in [1.54, 1.807) is 22.7 Å². The van der Waals surface area contributed by atoms with Crippen LogP contribution in [-0.4, -0.2) is 58.3 Å². The first-order chi connectivity index (χ1) is 16.3. The summed E-state index contributed by atoms with van der Waals surface area (Å²) in [6.45, 7) is 2.46. The molecule has 182 valence electrons. The van der Waals surface area contributed by atoms with Crippen molar-refractivity contribution in [2.24, 2.45) is 5.16 Å². The topological polar surface area (TPSA) is 156 Å². The largest absolute Gasteiger partial charge is 0.539 e. The first kappa shape index (κ1) is 27.2. The van der Waals surface area contributed by atoms with Gasteiger partial charge in [-0.1, -0.05) is 35.5 Å². The molecule has 3 atom stereocenters. The lowest BCUT2D eigenvalue weighted by atomic mass is 10.0. The van der Waals surface area contributed by atoms with E-state index in [1.807, 2.05) is 76.2 Å². The lowest BCUT2D eigenvalue weighted by molar-refractivity contribution is -0.699. The Morgan fingerprint density at radius 3 is 2.09 bits per heavy atom. The van der Waals surface area contributed by atoms with Crippen LogP contribution in [0.15, 0.2) is 69.1 Å². The Hall–Kier alpha value is -3.09. The van der Waals surface area contributed by atoms with Crippen molar-refractivity contribution in [3.05, 3.63) is 80.7 Å². The molecular formula is C23H26N2O7S2. The molecule has 0 amide bonds. The second kappa shape index (κ2) is 14.2. The monoisotopic (exact) mass is 506 g/mol. The van der Waals surface area contributed by atoms with Crippen molar-refractivity contribution in [2.45, 2.75) is 25.2 Å². The second-order valence-corrected chi connectivity index (χ2v) is 8.75. The highest BCUT2D eigenvalue weighted by molar-refractivity contribution is 7.08. The van der Waals surface area contributed by atoms with Crippen molar-refractivity contribution in [1.82, 2.24) is 0 Å². The minimum atomic E-state index is -2.07. The molecule has 3 rings (SSSR count). The number of nitrogens with two attached hydrogens (primary N) is 1. The number of carbonyl (C=O) groups is 2. The SMILES string of the molecule is CC([NH2+]CC(O)CON=C(c1ccsc1)c1ccsc1)C(O)c1ccccc1.O=C([O-])C(=O)O. The van der Waals surface area contributed by atoms with E-state index in [4.69, 9.17) is 24.6 Å². The average molecular weight is 507 g/mol. The molecule has 0 aliphatic rings. The number of hydrogen-bond acceptors (Lipinski definition) is 9. The average Bonchev–Trinajstić information content (AvgIpc) is 3.55. The lowest BCUT2D eigenvalue weighted by Gasteiger charge is -2.19. The number of rotatable bonds is 10. The molecule has 5 N–H and O–H groups in total. The van der Waals surface area contributed by atoms with Crippen molar-refractivity contribution in [3.63, 3.8) is 0 Å². The van der Waals surface area contributed by atoms with E-state index >= 15 is 0 Å². The number of nitrogens with zero attached hydrogens (tertiary/aromatic N) is 1. The molecule has 2 heterocycles. The van der Waals surface area contributed by atoms with Gasteiger partial charge in [-0.2, -0.15) is 22.7 Å². The van der Waals surface area contributed by atoms with Gasteiger partial charge < -0.3 is 35.4 Å². The zero-order chi connectivity index (χ0) is 24.9. The number of benzene rings is 1. The molecule has 9 nitrogen and oxygen atoms in total. The molecule has 0 saturated carbocycles. The van der Waals surface area contributed by atoms with Crippen molar-refractivity contribution in [3.8, 4) is 0 Å². The zero-order valence-corrected chi connectivity index (χ0v) is 19.9. The van der Waals surface area contributed by atoms with E-state index in [1.165, 1.54) is 0 Å². The van der Waals surface area contributed by atoms with Gasteiger partial charge in [-0.25, -0.2) is 4.79 Å². The molecule has 0 aliphatic carbocycles. The highest BCUT2D eigenvalue weighted by Gasteiger charge is 2.20. The molecule has 0 spiro atoms. The van der Waals surface area contributed by atoms with E-state index in [0.29, 0.717) is 6.54 Å². The van der Waals surface area contributed by atoms with Crippen molar-refractivity contribution >= 4 is 40.3 Å². The Balaban J connectivity index is 0.000000604. The van der Waals surface area contributed by atoms with Crippen LogP contribution < -0.4 is 10.4 Å². The first-order valence-electron chi connectivity index (χ1n) is 10.2. The molecule has 0 saturated heterocycles. The molecule has 1 aromatic carbocycles. The highest BCUT2D eigenvalue weighted by atomic mass is 32.1. The maximum Gasteiger partial charge on any atom is 0.351 e. The Kier molecular flexibility index (Phi) is 11.4. The third-order valence-electron chi connectivity index (χ3n) is 4.61. The summed E-state index contributed by atoms with van der Waals surface area (Å²) in [7, 11) is 0. The molecule has 0 radical (unpaired) electrons. The van der Waals surface area contributed by atoms with Crippen LogP contribution in [0.4, 0.5) is 0 Å². The van der Waals surface area contributed by atoms with Gasteiger partial charge in [-0.15, -0.1) is 0 Å². The van der Waals surface area contributed by atoms with Crippen LogP contribution >= 0.6 is 22.7 Å². The number of carbonyl (C=O) groups excluding carboxylic acids is 1. The molecule has 2 aromatic heterocycles. The van der Waals surface area contributed by atoms with Crippen molar-refractivity contribution in [1.29, 1.82) is 0 Å². The van der Waals surface area contributed by atoms with E-state index in [0.717, 1.165) is 22.4 Å². The zero-order valence-electron chi connectivity index (χ0n) is 18.3. The predicted octanol–water partition coefficient (Wildman–Crippen LogP) is 0.446. The highest BCUT2D eigenvalue weighted by Crippen LogP contribution is 2.17. The summed E-state index contributed by atoms with van der Waals surface area (Å²) in [4.78, 5) is 23.5. The normalized spacial score (nSPS) is 13.0. The van der Waals surface area contributed by atoms with Crippen LogP contribution in [0, 0.1) is 0 Å². The minimum absolute atomic E-state index is 0.0762. The second-order valence-electron chi connectivity index (χ2n) is 7.19. The third-order valence-corrected chi connectivity index (χ3v) is 5.97. The van der Waals surface area contributed by atoms with Crippen LogP contribution in [0.25, 0.3) is 0 Å². The van der Waals surface area contributed by atoms with Gasteiger partial charge in [0.1, 0.15) is 37.1 Å². The number of aliphatic carboxylic acids is 2. The molecule has 0 fully saturated rings. The van der Waals surface area contributed by atoms with Crippen LogP contribution in [-0.2, 0) is 14.4 Å². The lowest BCUT2D eigenvalue weighted by Crippen LogP contribution is -2.92. The Morgan fingerprint density at radius 1 is 1.06 bits per heavy atom. The standard InChI is InChI=1S/C21H24N2O3S2.C2H2O4/c1-15(21(25)16-5-3-2-4-6-16)22-11-19(24)12-26-23-20(17-7-9-27-13-17)18-8-10-28-14-18;3-1(4)2(5)6/h2-10,13-15,19,21-22,24-25H,11-12H2,1H3;(H,3,4)(H,5,6). The fourth-order valence-electron chi connectivity index (χ4n) is 2.78. The van der Waals surface area contributed by atoms with Crippen molar-refractivity contribution in [2.75, 3.05) is 13.2 Å². The summed E-state index contributed by atoms with van der Waals surface area (Å²) < 4.78 is 0. The molecular weight excluding hydrogens is 480 g/mol. The van der Waals surface area contributed by atoms with Crippen LogP contribution in [0.3, 0.4) is 0 Å². The van der Waals surface area contributed by atoms with Gasteiger partial charge >= 0.3 is 5.97 Å². The van der Waals surface area contributed by atoms with Gasteiger partial charge in [0.05, 0.1) is 0 Å². The number of quaternary nitrogens is 1. The fourth-order valence-corrected chi connectivity index (χ4v) is 4.06. The van der Waals surface area contributed by atoms with Crippen molar-refractivity contribution < 1.29 is 40.2 Å². The maximum atomic E-state index is 10.4. The summed E-state index contributed by atoms with van der Waals surface area (Å²) in [5.41, 5.74) is 3.65. The number of oxime groups is 1. The van der Waals surface area contributed by atoms with Gasteiger partial charge in [-0.05, 0) is 35.4 Å². The number of hydrogen-bond donors (Lipinski definition) is 4. The minimum Gasteiger partial charge on any atom is -0.539 e. The number of carboxylic acids is 2. The fraction of sp³-hybridized carbons (Fsp3) is 0.261. The van der Waals surface area contributed by atoms with Gasteiger partial charge in [0, 0.05) is 21.9 Å². The summed E-state index contributed by atoms with van der Waals surface area (Å²) in [6, 6.07) is 13.5. The van der Waals surface area contributed by atoms with Gasteiger partial charge in [0.25, 0.3) is 0 Å². The van der Waals surface area contributed by atoms with Gasteiger partial charge in [0.2, 0.25) is 0 Å². The maximum absolute atomic E-state index is 10.4. The quantitative estimate of drug-likeness (QED) is 0.177. The molecule has 3 unspecified atom stereocenters. The summed E-state index contributed by atoms with van der Waals surface area (Å²) in [5.74, 6) is -4.01.